The number of phenols is 1. The van der Waals surface area contributed by atoms with E-state index in [2.05, 4.69) is 6.92 Å². The summed E-state index contributed by atoms with van der Waals surface area (Å²) in [5, 5.41) is 19.9. The standard InChI is InChI=1S/C19H20O3/c1-10-4-5-13-8-17(21)11(2)12(3)19(13)14-6-7-16(20)18(22)9-15(10)14/h6-10,21H,4-5H2,1-3H3,(H,20,22). The molecule has 1 aliphatic carbocycles. The van der Waals surface area contributed by atoms with E-state index in [0.29, 0.717) is 5.75 Å². The van der Waals surface area contributed by atoms with E-state index < -0.39 is 0 Å². The van der Waals surface area contributed by atoms with Gasteiger partial charge in [0.05, 0.1) is 0 Å². The molecule has 3 rings (SSSR count). The van der Waals surface area contributed by atoms with Crippen molar-refractivity contribution in [2.75, 3.05) is 0 Å². The lowest BCUT2D eigenvalue weighted by molar-refractivity contribution is 0.469. The molecule has 1 unspecified atom stereocenters. The Morgan fingerprint density at radius 3 is 2.50 bits per heavy atom. The number of hydrogen-bond acceptors (Lipinski definition) is 3. The van der Waals surface area contributed by atoms with Crippen LogP contribution in [0.5, 0.6) is 11.5 Å². The zero-order valence-corrected chi connectivity index (χ0v) is 13.1. The van der Waals surface area contributed by atoms with Gasteiger partial charge < -0.3 is 10.2 Å². The first-order chi connectivity index (χ1) is 10.4. The van der Waals surface area contributed by atoms with Gasteiger partial charge in [-0.2, -0.15) is 0 Å². The van der Waals surface area contributed by atoms with Crippen LogP contribution in [0.1, 0.15) is 41.5 Å². The van der Waals surface area contributed by atoms with Crippen LogP contribution in [0, 0.1) is 13.8 Å². The van der Waals surface area contributed by atoms with Crippen molar-refractivity contribution in [3.05, 3.63) is 56.7 Å². The van der Waals surface area contributed by atoms with Crippen molar-refractivity contribution >= 4 is 0 Å². The van der Waals surface area contributed by atoms with Crippen molar-refractivity contribution in [2.45, 2.75) is 39.5 Å². The lowest BCUT2D eigenvalue weighted by Crippen LogP contribution is -1.99. The summed E-state index contributed by atoms with van der Waals surface area (Å²) in [5.74, 6) is 0.318. The van der Waals surface area contributed by atoms with E-state index in [1.54, 1.807) is 6.07 Å². The fourth-order valence-electron chi connectivity index (χ4n) is 3.33. The van der Waals surface area contributed by atoms with Crippen LogP contribution in [0.3, 0.4) is 0 Å². The second-order valence-electron chi connectivity index (χ2n) is 6.22. The van der Waals surface area contributed by atoms with E-state index in [4.69, 9.17) is 0 Å². The summed E-state index contributed by atoms with van der Waals surface area (Å²) in [4.78, 5) is 12.0. The third kappa shape index (κ3) is 2.17. The summed E-state index contributed by atoms with van der Waals surface area (Å²) in [6.07, 6.45) is 1.77. The highest BCUT2D eigenvalue weighted by molar-refractivity contribution is 5.77. The zero-order chi connectivity index (χ0) is 16.0. The smallest absolute Gasteiger partial charge is 0.220 e. The highest BCUT2D eigenvalue weighted by Gasteiger charge is 2.23. The Bertz CT molecular complexity index is 822. The van der Waals surface area contributed by atoms with Gasteiger partial charge in [-0.3, -0.25) is 4.79 Å². The topological polar surface area (TPSA) is 57.5 Å². The van der Waals surface area contributed by atoms with Gasteiger partial charge in [-0.1, -0.05) is 13.0 Å². The predicted octanol–water partition coefficient (Wildman–Crippen LogP) is 3.79. The molecule has 0 aliphatic heterocycles. The Morgan fingerprint density at radius 1 is 1.05 bits per heavy atom. The van der Waals surface area contributed by atoms with Gasteiger partial charge in [0.15, 0.2) is 5.75 Å². The normalized spacial score (nSPS) is 16.6. The average Bonchev–Trinajstić information content (AvgIpc) is 2.70. The van der Waals surface area contributed by atoms with Crippen LogP contribution >= 0.6 is 0 Å². The number of fused-ring (bicyclic) bond motifs is 3. The molecule has 0 spiro atoms. The Morgan fingerprint density at radius 2 is 1.77 bits per heavy atom. The maximum Gasteiger partial charge on any atom is 0.220 e. The molecule has 0 heterocycles. The van der Waals surface area contributed by atoms with E-state index in [-0.39, 0.29) is 17.1 Å². The van der Waals surface area contributed by atoms with Gasteiger partial charge in [0, 0.05) is 0 Å². The monoisotopic (exact) mass is 296 g/mol. The van der Waals surface area contributed by atoms with Crippen molar-refractivity contribution in [1.82, 2.24) is 0 Å². The minimum absolute atomic E-state index is 0.226. The molecule has 2 aromatic carbocycles. The molecule has 0 radical (unpaired) electrons. The highest BCUT2D eigenvalue weighted by atomic mass is 16.3. The van der Waals surface area contributed by atoms with Crippen molar-refractivity contribution in [1.29, 1.82) is 0 Å². The van der Waals surface area contributed by atoms with Crippen LogP contribution in [0.2, 0.25) is 0 Å². The third-order valence-electron chi connectivity index (χ3n) is 4.86. The predicted molar refractivity (Wildman–Crippen MR) is 87.7 cm³/mol. The van der Waals surface area contributed by atoms with Crippen molar-refractivity contribution in [3.63, 3.8) is 0 Å². The molecule has 0 fully saturated rings. The fraction of sp³-hybridized carbons (Fsp3) is 0.316. The van der Waals surface area contributed by atoms with Gasteiger partial charge in [-0.15, -0.1) is 0 Å². The molecule has 3 nitrogen and oxygen atoms in total. The Balaban J connectivity index is 2.45. The Labute approximate surface area is 129 Å². The molecular formula is C19H20O3. The Kier molecular flexibility index (Phi) is 3.44. The second-order valence-corrected chi connectivity index (χ2v) is 6.22. The first-order valence-electron chi connectivity index (χ1n) is 7.59. The van der Waals surface area contributed by atoms with E-state index in [0.717, 1.165) is 46.2 Å². The lowest BCUT2D eigenvalue weighted by Gasteiger charge is -2.15. The molecule has 0 amide bonds. The molecule has 2 N–H and O–H groups in total. The van der Waals surface area contributed by atoms with E-state index >= 15 is 0 Å². The van der Waals surface area contributed by atoms with Gasteiger partial charge in [0.25, 0.3) is 0 Å². The summed E-state index contributed by atoms with van der Waals surface area (Å²) in [6, 6.07) is 6.71. The number of phenolic OH excluding ortho intramolecular Hbond substituents is 1. The molecule has 1 aliphatic rings. The third-order valence-corrected chi connectivity index (χ3v) is 4.86. The van der Waals surface area contributed by atoms with E-state index in [1.807, 2.05) is 26.0 Å². The van der Waals surface area contributed by atoms with E-state index in [9.17, 15) is 15.0 Å². The molecular weight excluding hydrogens is 276 g/mol. The maximum atomic E-state index is 12.0. The highest BCUT2D eigenvalue weighted by Crippen LogP contribution is 2.42. The number of hydrogen-bond donors (Lipinski definition) is 2. The largest absolute Gasteiger partial charge is 0.508 e. The van der Waals surface area contributed by atoms with Crippen molar-refractivity contribution in [3.8, 4) is 22.6 Å². The van der Waals surface area contributed by atoms with E-state index in [1.165, 1.54) is 6.07 Å². The molecule has 0 aromatic heterocycles. The quantitative estimate of drug-likeness (QED) is 0.777. The SMILES string of the molecule is Cc1c(O)cc2c(c1C)-c1ccc(O)c(=O)cc1C(C)CC2. The maximum absolute atomic E-state index is 12.0. The average molecular weight is 296 g/mol. The molecule has 114 valence electrons. The number of aromatic hydroxyl groups is 2. The van der Waals surface area contributed by atoms with Gasteiger partial charge in [0.2, 0.25) is 5.43 Å². The summed E-state index contributed by atoms with van der Waals surface area (Å²) in [7, 11) is 0. The molecule has 2 aromatic rings. The molecule has 22 heavy (non-hydrogen) atoms. The lowest BCUT2D eigenvalue weighted by atomic mass is 9.90. The first-order valence-corrected chi connectivity index (χ1v) is 7.59. The van der Waals surface area contributed by atoms with Gasteiger partial charge in [-0.05, 0) is 84.2 Å². The first kappa shape index (κ1) is 14.6. The van der Waals surface area contributed by atoms with Crippen LogP contribution in [0.4, 0.5) is 0 Å². The van der Waals surface area contributed by atoms with Crippen LogP contribution in [-0.4, -0.2) is 10.2 Å². The molecule has 0 bridgehead atoms. The van der Waals surface area contributed by atoms with Crippen molar-refractivity contribution in [2.24, 2.45) is 0 Å². The second kappa shape index (κ2) is 5.16. The summed E-state index contributed by atoms with van der Waals surface area (Å²) in [6.45, 7) is 6.00. The molecule has 0 saturated carbocycles. The van der Waals surface area contributed by atoms with Crippen LogP contribution in [-0.2, 0) is 6.42 Å². The minimum Gasteiger partial charge on any atom is -0.508 e. The minimum atomic E-state index is -0.343. The molecule has 0 saturated heterocycles. The van der Waals surface area contributed by atoms with Gasteiger partial charge in [0.1, 0.15) is 5.75 Å². The van der Waals surface area contributed by atoms with Crippen LogP contribution in [0.25, 0.3) is 11.1 Å². The Hall–Kier alpha value is -2.29. The molecule has 3 heteroatoms. The van der Waals surface area contributed by atoms with Crippen molar-refractivity contribution < 1.29 is 10.2 Å². The summed E-state index contributed by atoms with van der Waals surface area (Å²) < 4.78 is 0. The number of aryl methyl sites for hydroxylation is 1. The molecule has 1 atom stereocenters. The number of rotatable bonds is 0. The van der Waals surface area contributed by atoms with Gasteiger partial charge >= 0.3 is 0 Å². The van der Waals surface area contributed by atoms with Crippen LogP contribution in [0.15, 0.2) is 29.1 Å². The summed E-state index contributed by atoms with van der Waals surface area (Å²) in [5.41, 5.74) is 5.69. The van der Waals surface area contributed by atoms with Gasteiger partial charge in [-0.25, -0.2) is 0 Å². The summed E-state index contributed by atoms with van der Waals surface area (Å²) >= 11 is 0. The fourth-order valence-corrected chi connectivity index (χ4v) is 3.33. The van der Waals surface area contributed by atoms with Crippen LogP contribution < -0.4 is 5.43 Å². The zero-order valence-electron chi connectivity index (χ0n) is 13.1. The number of benzene rings is 1.